The Morgan fingerprint density at radius 1 is 1.45 bits per heavy atom. The van der Waals surface area contributed by atoms with Crippen LogP contribution in [0.15, 0.2) is 0 Å². The molecule has 0 saturated heterocycles. The number of esters is 1. The van der Waals surface area contributed by atoms with Crippen molar-refractivity contribution in [3.05, 3.63) is 10.6 Å². The zero-order valence-corrected chi connectivity index (χ0v) is 13.2. The molecule has 1 aliphatic rings. The van der Waals surface area contributed by atoms with Crippen LogP contribution >= 0.6 is 11.3 Å². The Hall–Kier alpha value is -1.10. The van der Waals surface area contributed by atoms with Gasteiger partial charge in [-0.25, -0.2) is 9.78 Å². The molecule has 1 aliphatic carbocycles. The van der Waals surface area contributed by atoms with Crippen LogP contribution in [-0.4, -0.2) is 24.1 Å². The van der Waals surface area contributed by atoms with Crippen LogP contribution in [0.2, 0.25) is 0 Å². The Bertz CT molecular complexity index is 439. The molecule has 0 unspecified atom stereocenters. The predicted molar refractivity (Wildman–Crippen MR) is 82.5 cm³/mol. The Kier molecular flexibility index (Phi) is 5.83. The molecule has 1 fully saturated rings. The second-order valence-corrected chi connectivity index (χ2v) is 6.57. The van der Waals surface area contributed by atoms with Crippen molar-refractivity contribution in [1.82, 2.24) is 4.98 Å². The van der Waals surface area contributed by atoms with Crippen LogP contribution in [0.4, 0.5) is 5.13 Å². The molecule has 0 atom stereocenters. The average Bonchev–Trinajstić information content (AvgIpc) is 3.04. The van der Waals surface area contributed by atoms with Crippen molar-refractivity contribution in [1.29, 1.82) is 0 Å². The summed E-state index contributed by atoms with van der Waals surface area (Å²) in [5.74, 6) is 0.616. The van der Waals surface area contributed by atoms with E-state index in [0.29, 0.717) is 12.3 Å². The van der Waals surface area contributed by atoms with Crippen LogP contribution in [0.1, 0.15) is 60.8 Å². The lowest BCUT2D eigenvalue weighted by atomic mass is 10.0. The number of anilines is 1. The number of hydrogen-bond acceptors (Lipinski definition) is 5. The standard InChI is InChI=1S/C15H24N2O2S/c1-3-19-14(18)13-11(2)20-15(17-13)16-10-6-9-12-7-4-5-8-12/h12H,3-10H2,1-2H3,(H,16,17). The van der Waals surface area contributed by atoms with Crippen molar-refractivity contribution in [2.24, 2.45) is 5.92 Å². The largest absolute Gasteiger partial charge is 0.461 e. The number of carbonyl (C=O) groups excluding carboxylic acids is 1. The SMILES string of the molecule is CCOC(=O)c1nc(NCCCC2CCCC2)sc1C. The normalized spacial score (nSPS) is 15.5. The Balaban J connectivity index is 1.75. The molecule has 112 valence electrons. The highest BCUT2D eigenvalue weighted by Gasteiger charge is 2.17. The summed E-state index contributed by atoms with van der Waals surface area (Å²) in [5.41, 5.74) is 0.454. The molecule has 1 aromatic rings. The van der Waals surface area contributed by atoms with Crippen LogP contribution in [0, 0.1) is 12.8 Å². The van der Waals surface area contributed by atoms with E-state index in [0.717, 1.165) is 22.5 Å². The van der Waals surface area contributed by atoms with E-state index in [-0.39, 0.29) is 5.97 Å². The summed E-state index contributed by atoms with van der Waals surface area (Å²) in [7, 11) is 0. The van der Waals surface area contributed by atoms with Gasteiger partial charge in [0.15, 0.2) is 10.8 Å². The van der Waals surface area contributed by atoms with Gasteiger partial charge in [-0.2, -0.15) is 0 Å². The maximum absolute atomic E-state index is 11.7. The fourth-order valence-corrected chi connectivity index (χ4v) is 3.57. The molecule has 1 N–H and O–H groups in total. The summed E-state index contributed by atoms with van der Waals surface area (Å²) >= 11 is 1.53. The van der Waals surface area contributed by atoms with Crippen LogP contribution in [0.25, 0.3) is 0 Å². The third-order valence-electron chi connectivity index (χ3n) is 3.81. The quantitative estimate of drug-likeness (QED) is 0.610. The Morgan fingerprint density at radius 3 is 2.90 bits per heavy atom. The smallest absolute Gasteiger partial charge is 0.358 e. The molecule has 0 radical (unpaired) electrons. The number of nitrogens with one attached hydrogen (secondary N) is 1. The summed E-state index contributed by atoms with van der Waals surface area (Å²) < 4.78 is 4.99. The predicted octanol–water partition coefficient (Wildman–Crippen LogP) is 4.01. The lowest BCUT2D eigenvalue weighted by Crippen LogP contribution is -2.07. The van der Waals surface area contributed by atoms with E-state index in [2.05, 4.69) is 10.3 Å². The summed E-state index contributed by atoms with van der Waals surface area (Å²) in [5, 5.41) is 4.16. The molecule has 0 spiro atoms. The van der Waals surface area contributed by atoms with Crippen molar-refractivity contribution in [2.45, 2.75) is 52.4 Å². The monoisotopic (exact) mass is 296 g/mol. The van der Waals surface area contributed by atoms with Crippen molar-refractivity contribution in [3.63, 3.8) is 0 Å². The number of rotatable bonds is 7. The first-order valence-corrected chi connectivity index (χ1v) is 8.40. The molecular formula is C15H24N2O2S. The first-order chi connectivity index (χ1) is 9.70. The van der Waals surface area contributed by atoms with E-state index < -0.39 is 0 Å². The number of thiazole rings is 1. The zero-order valence-electron chi connectivity index (χ0n) is 12.4. The summed E-state index contributed by atoms with van der Waals surface area (Å²) in [6, 6.07) is 0. The highest BCUT2D eigenvalue weighted by molar-refractivity contribution is 7.15. The van der Waals surface area contributed by atoms with Gasteiger partial charge in [0.2, 0.25) is 0 Å². The lowest BCUT2D eigenvalue weighted by molar-refractivity contribution is 0.0519. The van der Waals surface area contributed by atoms with E-state index in [1.807, 2.05) is 13.8 Å². The lowest BCUT2D eigenvalue weighted by Gasteiger charge is -2.08. The van der Waals surface area contributed by atoms with Gasteiger partial charge in [0, 0.05) is 11.4 Å². The van der Waals surface area contributed by atoms with Crippen molar-refractivity contribution in [2.75, 3.05) is 18.5 Å². The number of carbonyl (C=O) groups is 1. The fraction of sp³-hybridized carbons (Fsp3) is 0.733. The molecule has 20 heavy (non-hydrogen) atoms. The van der Waals surface area contributed by atoms with E-state index in [1.165, 1.54) is 49.9 Å². The van der Waals surface area contributed by atoms with Crippen LogP contribution < -0.4 is 5.32 Å². The highest BCUT2D eigenvalue weighted by Crippen LogP contribution is 2.28. The first kappa shape index (κ1) is 15.3. The third-order valence-corrected chi connectivity index (χ3v) is 4.73. The molecule has 0 aliphatic heterocycles. The fourth-order valence-electron chi connectivity index (χ4n) is 2.75. The van der Waals surface area contributed by atoms with Crippen LogP contribution in [-0.2, 0) is 4.74 Å². The molecule has 0 bridgehead atoms. The van der Waals surface area contributed by atoms with Crippen LogP contribution in [0.5, 0.6) is 0 Å². The number of hydrogen-bond donors (Lipinski definition) is 1. The second-order valence-electron chi connectivity index (χ2n) is 5.36. The molecule has 2 rings (SSSR count). The minimum atomic E-state index is -0.319. The van der Waals surface area contributed by atoms with E-state index >= 15 is 0 Å². The van der Waals surface area contributed by atoms with Gasteiger partial charge in [0.05, 0.1) is 6.61 Å². The molecule has 1 heterocycles. The number of aryl methyl sites for hydroxylation is 1. The van der Waals surface area contributed by atoms with Gasteiger partial charge in [0.1, 0.15) is 0 Å². The van der Waals surface area contributed by atoms with E-state index in [9.17, 15) is 4.79 Å². The van der Waals surface area contributed by atoms with E-state index in [1.54, 1.807) is 0 Å². The average molecular weight is 296 g/mol. The summed E-state index contributed by atoms with van der Waals surface area (Å²) in [6.07, 6.45) is 8.12. The van der Waals surface area contributed by atoms with E-state index in [4.69, 9.17) is 4.74 Å². The Labute approximate surface area is 124 Å². The minimum absolute atomic E-state index is 0.319. The van der Waals surface area contributed by atoms with Gasteiger partial charge in [-0.15, -0.1) is 11.3 Å². The molecule has 1 saturated carbocycles. The molecule has 0 aromatic carbocycles. The third kappa shape index (κ3) is 4.20. The second kappa shape index (κ2) is 7.62. The number of nitrogens with zero attached hydrogens (tertiary/aromatic N) is 1. The zero-order chi connectivity index (χ0) is 14.4. The molecule has 4 nitrogen and oxygen atoms in total. The first-order valence-electron chi connectivity index (χ1n) is 7.59. The van der Waals surface area contributed by atoms with Gasteiger partial charge in [-0.05, 0) is 32.6 Å². The number of aromatic nitrogens is 1. The van der Waals surface area contributed by atoms with Crippen molar-refractivity contribution in [3.8, 4) is 0 Å². The minimum Gasteiger partial charge on any atom is -0.461 e. The van der Waals surface area contributed by atoms with Gasteiger partial charge >= 0.3 is 5.97 Å². The van der Waals surface area contributed by atoms with Crippen molar-refractivity contribution < 1.29 is 9.53 Å². The summed E-state index contributed by atoms with van der Waals surface area (Å²) in [6.45, 7) is 5.04. The van der Waals surface area contributed by atoms with Gasteiger partial charge in [0.25, 0.3) is 0 Å². The van der Waals surface area contributed by atoms with Crippen LogP contribution in [0.3, 0.4) is 0 Å². The molecule has 0 amide bonds. The van der Waals surface area contributed by atoms with Gasteiger partial charge in [-0.1, -0.05) is 25.7 Å². The topological polar surface area (TPSA) is 51.2 Å². The van der Waals surface area contributed by atoms with Crippen molar-refractivity contribution >= 4 is 22.4 Å². The maximum atomic E-state index is 11.7. The molecular weight excluding hydrogens is 272 g/mol. The maximum Gasteiger partial charge on any atom is 0.358 e. The Morgan fingerprint density at radius 2 is 2.20 bits per heavy atom. The molecule has 5 heteroatoms. The van der Waals surface area contributed by atoms with Gasteiger partial charge < -0.3 is 10.1 Å². The highest BCUT2D eigenvalue weighted by atomic mass is 32.1. The molecule has 1 aromatic heterocycles. The van der Waals surface area contributed by atoms with Gasteiger partial charge in [-0.3, -0.25) is 0 Å². The summed E-state index contributed by atoms with van der Waals surface area (Å²) in [4.78, 5) is 16.9. The number of ether oxygens (including phenoxy) is 1.